The summed E-state index contributed by atoms with van der Waals surface area (Å²) in [7, 11) is -3.47. The molecule has 0 atom stereocenters. The fourth-order valence-electron chi connectivity index (χ4n) is 2.21. The number of nitrogens with zero attached hydrogens (tertiary/aromatic N) is 2. The van der Waals surface area contributed by atoms with Gasteiger partial charge in [-0.3, -0.25) is 10.1 Å². The molecule has 0 fully saturated rings. The van der Waals surface area contributed by atoms with Gasteiger partial charge in [-0.15, -0.1) is 5.10 Å². The Morgan fingerprint density at radius 2 is 2.00 bits per heavy atom. The molecule has 1 aromatic carbocycles. The molecule has 2 heterocycles. The number of benzene rings is 1. The number of nitrogens with one attached hydrogen (secondary N) is 1. The van der Waals surface area contributed by atoms with Crippen LogP contribution in [-0.2, 0) is 9.84 Å². The fourth-order valence-corrected chi connectivity index (χ4v) is 3.67. The predicted molar refractivity (Wildman–Crippen MR) is 74.4 cm³/mol. The molecule has 1 aromatic heterocycles. The molecule has 1 N–H and O–H groups in total. The molecule has 21 heavy (non-hydrogen) atoms. The summed E-state index contributed by atoms with van der Waals surface area (Å²) in [5.41, 5.74) is 1.22. The van der Waals surface area contributed by atoms with Gasteiger partial charge in [0.15, 0.2) is 0 Å². The average molecular weight is 305 g/mol. The van der Waals surface area contributed by atoms with Crippen LogP contribution in [0.15, 0.2) is 26.9 Å². The molecular formula is C13H11N3O4S. The van der Waals surface area contributed by atoms with Gasteiger partial charge >= 0.3 is 6.01 Å². The smallest absolute Gasteiger partial charge is 0.322 e. The molecule has 0 saturated carbocycles. The largest absolute Gasteiger partial charge is 0.408 e. The van der Waals surface area contributed by atoms with Crippen molar-refractivity contribution in [3.63, 3.8) is 0 Å². The van der Waals surface area contributed by atoms with E-state index in [1.54, 1.807) is 26.0 Å². The number of aromatic nitrogens is 2. The topological polar surface area (TPSA) is 102 Å². The lowest BCUT2D eigenvalue weighted by molar-refractivity contribution is 0.102. The van der Waals surface area contributed by atoms with E-state index in [0.29, 0.717) is 17.0 Å². The van der Waals surface area contributed by atoms with Gasteiger partial charge in [-0.05, 0) is 30.2 Å². The van der Waals surface area contributed by atoms with Gasteiger partial charge in [0.2, 0.25) is 15.7 Å². The predicted octanol–water partition coefficient (Wildman–Crippen LogP) is 1.70. The van der Waals surface area contributed by atoms with Crippen molar-refractivity contribution in [2.24, 2.45) is 0 Å². The van der Waals surface area contributed by atoms with Crippen LogP contribution in [0.1, 0.15) is 27.4 Å². The third kappa shape index (κ3) is 2.23. The van der Waals surface area contributed by atoms with E-state index in [9.17, 15) is 13.2 Å². The summed E-state index contributed by atoms with van der Waals surface area (Å²) in [6, 6.07) is 3.13. The van der Waals surface area contributed by atoms with E-state index in [2.05, 4.69) is 15.5 Å². The Morgan fingerprint density at radius 3 is 2.67 bits per heavy atom. The minimum Gasteiger partial charge on any atom is -0.408 e. The van der Waals surface area contributed by atoms with E-state index >= 15 is 0 Å². The average Bonchev–Trinajstić information content (AvgIpc) is 2.94. The number of hydrogen-bond donors (Lipinski definition) is 1. The molecule has 1 aliphatic rings. The highest BCUT2D eigenvalue weighted by Crippen LogP contribution is 2.31. The zero-order valence-corrected chi connectivity index (χ0v) is 12.1. The van der Waals surface area contributed by atoms with Gasteiger partial charge in [-0.2, -0.15) is 0 Å². The maximum absolute atomic E-state index is 12.2. The highest BCUT2D eigenvalue weighted by molar-refractivity contribution is 7.94. The van der Waals surface area contributed by atoms with Gasteiger partial charge in [0.1, 0.15) is 0 Å². The minimum absolute atomic E-state index is 0.0293. The van der Waals surface area contributed by atoms with E-state index in [-0.39, 0.29) is 16.5 Å². The first-order valence-electron chi connectivity index (χ1n) is 6.07. The Morgan fingerprint density at radius 1 is 1.24 bits per heavy atom. The summed E-state index contributed by atoms with van der Waals surface area (Å²) in [4.78, 5) is 12.4. The summed E-state index contributed by atoms with van der Waals surface area (Å²) in [6.45, 7) is 3.19. The first-order chi connectivity index (χ1) is 9.88. The standard InChI is InChI=1S/C13H11N3O4S/c1-7-10(12(17)14-13-16-15-8(2)20-13)4-3-9-5-6-21(18,19)11(7)9/h3-6H,1-2H3,(H,14,16,17). The maximum atomic E-state index is 12.2. The van der Waals surface area contributed by atoms with Crippen molar-refractivity contribution in [1.82, 2.24) is 10.2 Å². The van der Waals surface area contributed by atoms with Crippen molar-refractivity contribution in [1.29, 1.82) is 0 Å². The number of amides is 1. The van der Waals surface area contributed by atoms with E-state index in [0.717, 1.165) is 5.41 Å². The first-order valence-corrected chi connectivity index (χ1v) is 7.61. The zero-order valence-electron chi connectivity index (χ0n) is 11.2. The van der Waals surface area contributed by atoms with Crippen molar-refractivity contribution in [3.8, 4) is 0 Å². The molecule has 108 valence electrons. The van der Waals surface area contributed by atoms with Crippen LogP contribution in [0.5, 0.6) is 0 Å². The number of anilines is 1. The lowest BCUT2D eigenvalue weighted by Crippen LogP contribution is -2.15. The molecule has 0 unspecified atom stereocenters. The number of hydrogen-bond acceptors (Lipinski definition) is 6. The van der Waals surface area contributed by atoms with Gasteiger partial charge in [-0.25, -0.2) is 8.42 Å². The van der Waals surface area contributed by atoms with Gasteiger partial charge in [-0.1, -0.05) is 11.2 Å². The zero-order chi connectivity index (χ0) is 15.2. The summed E-state index contributed by atoms with van der Waals surface area (Å²) < 4.78 is 29.0. The molecule has 7 nitrogen and oxygen atoms in total. The molecule has 0 aliphatic carbocycles. The highest BCUT2D eigenvalue weighted by atomic mass is 32.2. The number of sulfone groups is 1. The number of carbonyl (C=O) groups is 1. The van der Waals surface area contributed by atoms with Gasteiger partial charge in [0, 0.05) is 17.9 Å². The van der Waals surface area contributed by atoms with Crippen molar-refractivity contribution in [2.75, 3.05) is 5.32 Å². The second kappa shape index (κ2) is 4.52. The molecule has 2 aromatic rings. The Kier molecular flexibility index (Phi) is 2.91. The number of fused-ring (bicyclic) bond motifs is 1. The Bertz CT molecular complexity index is 881. The quantitative estimate of drug-likeness (QED) is 0.906. The first kappa shape index (κ1) is 13.5. The molecular weight excluding hydrogens is 294 g/mol. The van der Waals surface area contributed by atoms with Crippen molar-refractivity contribution < 1.29 is 17.6 Å². The second-order valence-corrected chi connectivity index (χ2v) is 6.36. The normalized spacial score (nSPS) is 15.0. The Labute approximate surface area is 120 Å². The SMILES string of the molecule is Cc1nnc(NC(=O)c2ccc3c(c2C)S(=O)(=O)C=C3)o1. The Balaban J connectivity index is 1.99. The van der Waals surface area contributed by atoms with Gasteiger partial charge in [0.25, 0.3) is 5.91 Å². The van der Waals surface area contributed by atoms with Crippen LogP contribution in [0, 0.1) is 13.8 Å². The van der Waals surface area contributed by atoms with Crippen LogP contribution >= 0.6 is 0 Å². The summed E-state index contributed by atoms with van der Waals surface area (Å²) in [6.07, 6.45) is 1.51. The molecule has 0 bridgehead atoms. The third-order valence-electron chi connectivity index (χ3n) is 3.14. The summed E-state index contributed by atoms with van der Waals surface area (Å²) >= 11 is 0. The molecule has 1 aliphatic heterocycles. The minimum atomic E-state index is -3.47. The molecule has 0 radical (unpaired) electrons. The van der Waals surface area contributed by atoms with Crippen LogP contribution in [0.25, 0.3) is 6.08 Å². The van der Waals surface area contributed by atoms with Gasteiger partial charge in [0.05, 0.1) is 4.90 Å². The lowest BCUT2D eigenvalue weighted by Gasteiger charge is -2.09. The molecule has 3 rings (SSSR count). The van der Waals surface area contributed by atoms with Crippen LogP contribution in [0.2, 0.25) is 0 Å². The van der Waals surface area contributed by atoms with Crippen LogP contribution < -0.4 is 5.32 Å². The van der Waals surface area contributed by atoms with Crippen molar-refractivity contribution in [2.45, 2.75) is 18.7 Å². The number of carbonyl (C=O) groups excluding carboxylic acids is 1. The molecule has 0 spiro atoms. The van der Waals surface area contributed by atoms with Crippen LogP contribution in [-0.4, -0.2) is 24.5 Å². The van der Waals surface area contributed by atoms with Crippen molar-refractivity contribution >= 4 is 27.8 Å². The number of rotatable bonds is 2. The third-order valence-corrected chi connectivity index (χ3v) is 4.74. The monoisotopic (exact) mass is 305 g/mol. The van der Waals surface area contributed by atoms with Crippen molar-refractivity contribution in [3.05, 3.63) is 40.1 Å². The van der Waals surface area contributed by atoms with E-state index in [4.69, 9.17) is 4.42 Å². The molecule has 8 heteroatoms. The van der Waals surface area contributed by atoms with Gasteiger partial charge < -0.3 is 4.42 Å². The highest BCUT2D eigenvalue weighted by Gasteiger charge is 2.26. The molecule has 1 amide bonds. The maximum Gasteiger partial charge on any atom is 0.322 e. The number of aryl methyl sites for hydroxylation is 1. The van der Waals surface area contributed by atoms with Crippen LogP contribution in [0.3, 0.4) is 0 Å². The Hall–Kier alpha value is -2.48. The summed E-state index contributed by atoms with van der Waals surface area (Å²) in [5.74, 6) is -0.177. The van der Waals surface area contributed by atoms with E-state index in [1.807, 2.05) is 0 Å². The van der Waals surface area contributed by atoms with E-state index in [1.165, 1.54) is 6.08 Å². The lowest BCUT2D eigenvalue weighted by atomic mass is 10.0. The molecule has 0 saturated heterocycles. The summed E-state index contributed by atoms with van der Waals surface area (Å²) in [5, 5.41) is 10.8. The van der Waals surface area contributed by atoms with E-state index < -0.39 is 15.7 Å². The van der Waals surface area contributed by atoms with Crippen LogP contribution in [0.4, 0.5) is 6.01 Å². The second-order valence-electron chi connectivity index (χ2n) is 4.58. The fraction of sp³-hybridized carbons (Fsp3) is 0.154.